The fraction of sp³-hybridized carbons (Fsp3) is 0.250. The van der Waals surface area contributed by atoms with Crippen LogP contribution in [-0.2, 0) is 14.9 Å². The number of ether oxygens (including phenoxy) is 2. The first-order valence-electron chi connectivity index (χ1n) is 5.67. The zero-order valence-corrected chi connectivity index (χ0v) is 12.5. The van der Waals surface area contributed by atoms with Gasteiger partial charge in [-0.05, 0) is 23.8 Å². The molecule has 128 valence electrons. The Bertz CT molecular complexity index is 698. The van der Waals surface area contributed by atoms with Gasteiger partial charge in [-0.25, -0.2) is 0 Å². The van der Waals surface area contributed by atoms with Crippen LogP contribution in [0.2, 0.25) is 0 Å². The molecule has 0 N–H and O–H groups in total. The molecule has 0 spiro atoms. The molecule has 0 fully saturated rings. The lowest BCUT2D eigenvalue weighted by atomic mass is 10.1. The van der Waals surface area contributed by atoms with E-state index in [2.05, 4.69) is 4.18 Å². The van der Waals surface area contributed by atoms with Gasteiger partial charge in [-0.1, -0.05) is 6.08 Å². The van der Waals surface area contributed by atoms with Crippen LogP contribution in [0.5, 0.6) is 17.2 Å². The van der Waals surface area contributed by atoms with Gasteiger partial charge in [0.2, 0.25) is 5.75 Å². The smallest absolute Gasteiger partial charge is 0.534 e. The number of methoxy groups -OCH3 is 2. The Morgan fingerprint density at radius 2 is 1.65 bits per heavy atom. The molecule has 0 aliphatic rings. The van der Waals surface area contributed by atoms with Gasteiger partial charge in [-0.3, -0.25) is 0 Å². The molecule has 0 atom stereocenters. The lowest BCUT2D eigenvalue weighted by Crippen LogP contribution is -2.28. The standard InChI is InChI=1S/C12H11F3O7S/c1-20-8-5-7(3-4-10(16)17)6-9(21-2)11(8)22-23(18,19)12(13,14)15/h3-6H,1-2H3,(H,16,17)/p-1/b4-3+. The molecule has 0 aliphatic heterocycles. The van der Waals surface area contributed by atoms with E-state index in [0.29, 0.717) is 6.08 Å². The second kappa shape index (κ2) is 6.77. The molecule has 0 radical (unpaired) electrons. The maximum absolute atomic E-state index is 12.4. The fourth-order valence-corrected chi connectivity index (χ4v) is 1.88. The van der Waals surface area contributed by atoms with Gasteiger partial charge in [0.1, 0.15) is 0 Å². The molecule has 0 saturated heterocycles. The molecule has 11 heteroatoms. The van der Waals surface area contributed by atoms with Gasteiger partial charge in [0.15, 0.2) is 11.5 Å². The number of alkyl halides is 3. The van der Waals surface area contributed by atoms with Crippen LogP contribution in [0.25, 0.3) is 6.08 Å². The molecule has 0 bridgehead atoms. The van der Waals surface area contributed by atoms with Gasteiger partial charge in [-0.15, -0.1) is 0 Å². The van der Waals surface area contributed by atoms with Crippen molar-refractivity contribution in [1.82, 2.24) is 0 Å². The zero-order valence-electron chi connectivity index (χ0n) is 11.7. The summed E-state index contributed by atoms with van der Waals surface area (Å²) in [6.45, 7) is 0. The van der Waals surface area contributed by atoms with Crippen LogP contribution in [0.1, 0.15) is 5.56 Å². The molecular weight excluding hydrogens is 345 g/mol. The largest absolute Gasteiger partial charge is 0.545 e. The molecule has 0 aromatic heterocycles. The average Bonchev–Trinajstić information content (AvgIpc) is 2.44. The Labute approximate surface area is 129 Å². The number of carbonyl (C=O) groups excluding carboxylic acids is 1. The van der Waals surface area contributed by atoms with Crippen molar-refractivity contribution in [3.63, 3.8) is 0 Å². The summed E-state index contributed by atoms with van der Waals surface area (Å²) in [6, 6.07) is 2.12. The van der Waals surface area contributed by atoms with Gasteiger partial charge in [0.05, 0.1) is 20.2 Å². The normalized spacial score (nSPS) is 12.2. The first-order valence-corrected chi connectivity index (χ1v) is 7.08. The number of hydrogen-bond donors (Lipinski definition) is 0. The Balaban J connectivity index is 3.40. The van der Waals surface area contributed by atoms with Crippen LogP contribution in [0.15, 0.2) is 18.2 Å². The van der Waals surface area contributed by atoms with Gasteiger partial charge in [0, 0.05) is 0 Å². The first-order chi connectivity index (χ1) is 10.5. The van der Waals surface area contributed by atoms with E-state index in [1.807, 2.05) is 0 Å². The van der Waals surface area contributed by atoms with Crippen LogP contribution in [0.4, 0.5) is 13.2 Å². The van der Waals surface area contributed by atoms with E-state index >= 15 is 0 Å². The summed E-state index contributed by atoms with van der Waals surface area (Å²) >= 11 is 0. The van der Waals surface area contributed by atoms with E-state index in [-0.39, 0.29) is 5.56 Å². The van der Waals surface area contributed by atoms with Gasteiger partial charge in [0.25, 0.3) is 0 Å². The molecule has 1 aromatic carbocycles. The number of aliphatic carboxylic acids is 1. The van der Waals surface area contributed by atoms with Crippen molar-refractivity contribution in [2.45, 2.75) is 5.51 Å². The fourth-order valence-electron chi connectivity index (χ4n) is 1.40. The van der Waals surface area contributed by atoms with Crippen molar-refractivity contribution >= 4 is 22.2 Å². The predicted octanol–water partition coefficient (Wildman–Crippen LogP) is 0.695. The second-order valence-electron chi connectivity index (χ2n) is 3.89. The second-order valence-corrected chi connectivity index (χ2v) is 5.43. The highest BCUT2D eigenvalue weighted by Gasteiger charge is 2.49. The molecule has 23 heavy (non-hydrogen) atoms. The highest BCUT2D eigenvalue weighted by molar-refractivity contribution is 7.88. The topological polar surface area (TPSA) is 102 Å². The molecule has 0 aliphatic carbocycles. The monoisotopic (exact) mass is 355 g/mol. The third-order valence-electron chi connectivity index (χ3n) is 2.37. The van der Waals surface area contributed by atoms with Crippen LogP contribution in [-0.4, -0.2) is 34.1 Å². The summed E-state index contributed by atoms with van der Waals surface area (Å²) in [6.07, 6.45) is 1.70. The lowest BCUT2D eigenvalue weighted by molar-refractivity contribution is -0.297. The van der Waals surface area contributed by atoms with Crippen molar-refractivity contribution in [2.75, 3.05) is 14.2 Å². The van der Waals surface area contributed by atoms with E-state index in [1.165, 1.54) is 0 Å². The number of benzene rings is 1. The molecule has 0 saturated carbocycles. The molecule has 0 amide bonds. The third-order valence-corrected chi connectivity index (χ3v) is 3.32. The van der Waals surface area contributed by atoms with Gasteiger partial charge >= 0.3 is 15.6 Å². The zero-order chi connectivity index (χ0) is 17.8. The molecular formula is C12H10F3O7S-. The van der Waals surface area contributed by atoms with Crippen LogP contribution in [0, 0.1) is 0 Å². The number of rotatable bonds is 6. The third kappa shape index (κ3) is 4.52. The van der Waals surface area contributed by atoms with Crippen LogP contribution >= 0.6 is 0 Å². The summed E-state index contributed by atoms with van der Waals surface area (Å²) in [4.78, 5) is 10.4. The molecule has 1 aromatic rings. The Morgan fingerprint density at radius 1 is 1.17 bits per heavy atom. The number of halogens is 3. The summed E-state index contributed by atoms with van der Waals surface area (Å²) < 4.78 is 73.0. The van der Waals surface area contributed by atoms with Crippen molar-refractivity contribution in [2.24, 2.45) is 0 Å². The van der Waals surface area contributed by atoms with E-state index in [9.17, 15) is 31.5 Å². The van der Waals surface area contributed by atoms with Crippen molar-refractivity contribution in [1.29, 1.82) is 0 Å². The van der Waals surface area contributed by atoms with E-state index in [4.69, 9.17) is 9.47 Å². The minimum atomic E-state index is -5.94. The molecule has 7 nitrogen and oxygen atoms in total. The lowest BCUT2D eigenvalue weighted by Gasteiger charge is -2.16. The SMILES string of the molecule is COc1cc(/C=C/C(=O)[O-])cc(OC)c1OS(=O)(=O)C(F)(F)F. The van der Waals surface area contributed by atoms with Crippen LogP contribution < -0.4 is 18.8 Å². The predicted molar refractivity (Wildman–Crippen MR) is 69.2 cm³/mol. The van der Waals surface area contributed by atoms with Gasteiger partial charge in [-0.2, -0.15) is 21.6 Å². The van der Waals surface area contributed by atoms with Crippen molar-refractivity contribution < 1.29 is 45.1 Å². The number of carboxylic acid groups (broad SMARTS) is 1. The van der Waals surface area contributed by atoms with Crippen LogP contribution in [0.3, 0.4) is 0 Å². The summed E-state index contributed by atoms with van der Waals surface area (Å²) in [7, 11) is -3.84. The summed E-state index contributed by atoms with van der Waals surface area (Å²) in [5.74, 6) is -3.15. The number of carboxylic acids is 1. The quantitative estimate of drug-likeness (QED) is 0.420. The Hall–Kier alpha value is -2.43. The Morgan fingerprint density at radius 3 is 2.00 bits per heavy atom. The first kappa shape index (κ1) is 18.6. The summed E-state index contributed by atoms with van der Waals surface area (Å²) in [5, 5.41) is 10.4. The number of hydrogen-bond acceptors (Lipinski definition) is 7. The maximum Gasteiger partial charge on any atom is 0.534 e. The average molecular weight is 355 g/mol. The molecule has 0 heterocycles. The highest BCUT2D eigenvalue weighted by atomic mass is 32.2. The number of carbonyl (C=O) groups is 1. The van der Waals surface area contributed by atoms with Crippen molar-refractivity contribution in [3.05, 3.63) is 23.8 Å². The van der Waals surface area contributed by atoms with Gasteiger partial charge < -0.3 is 23.6 Å². The molecule has 1 rings (SSSR count). The van der Waals surface area contributed by atoms with E-state index in [1.54, 1.807) is 0 Å². The maximum atomic E-state index is 12.4. The summed E-state index contributed by atoms with van der Waals surface area (Å²) in [5.41, 5.74) is -5.50. The van der Waals surface area contributed by atoms with Crippen molar-refractivity contribution in [3.8, 4) is 17.2 Å². The van der Waals surface area contributed by atoms with E-state index in [0.717, 1.165) is 32.4 Å². The molecule has 0 unspecified atom stereocenters. The minimum Gasteiger partial charge on any atom is -0.545 e. The Kier molecular flexibility index (Phi) is 5.48. The minimum absolute atomic E-state index is 0.139. The van der Waals surface area contributed by atoms with E-state index < -0.39 is 38.8 Å². The highest BCUT2D eigenvalue weighted by Crippen LogP contribution is 2.41.